The molecule has 0 bridgehead atoms. The molecular weight excluding hydrogens is 144 g/mol. The third kappa shape index (κ3) is 1.71. The van der Waals surface area contributed by atoms with Gasteiger partial charge < -0.3 is 10.2 Å². The Morgan fingerprint density at radius 1 is 1.18 bits per heavy atom. The van der Waals surface area contributed by atoms with E-state index in [-0.39, 0.29) is 11.8 Å². The van der Waals surface area contributed by atoms with Crippen LogP contribution >= 0.6 is 0 Å². The van der Waals surface area contributed by atoms with E-state index in [1.54, 1.807) is 27.7 Å². The monoisotopic (exact) mass is 160 g/mol. The Morgan fingerprint density at radius 2 is 1.45 bits per heavy atom. The zero-order chi connectivity index (χ0) is 9.23. The first-order chi connectivity index (χ1) is 4.83. The lowest BCUT2D eigenvalue weighted by Crippen LogP contribution is -2.48. The Balaban J connectivity index is 4.67. The largest absolute Gasteiger partial charge is 0.479 e. The quantitative estimate of drug-likeness (QED) is 0.650. The molecule has 3 heteroatoms. The summed E-state index contributed by atoms with van der Waals surface area (Å²) in [6.07, 6.45) is 0. The standard InChI is InChI=1S/C8H16O3/c1-5(2)8(11,6(3)4)7(9)10/h5-6,11H,1-4H3,(H,9,10). The molecule has 0 atom stereocenters. The average Bonchev–Trinajstić information content (AvgIpc) is 1.84. The number of hydrogen-bond donors (Lipinski definition) is 2. The van der Waals surface area contributed by atoms with E-state index < -0.39 is 11.6 Å². The van der Waals surface area contributed by atoms with Gasteiger partial charge in [-0.25, -0.2) is 4.79 Å². The maximum absolute atomic E-state index is 10.7. The first kappa shape index (κ1) is 10.4. The van der Waals surface area contributed by atoms with Crippen molar-refractivity contribution in [2.45, 2.75) is 33.3 Å². The molecule has 0 spiro atoms. The molecule has 0 aromatic carbocycles. The number of aliphatic hydroxyl groups is 1. The van der Waals surface area contributed by atoms with Crippen molar-refractivity contribution < 1.29 is 15.0 Å². The van der Waals surface area contributed by atoms with Gasteiger partial charge in [-0.15, -0.1) is 0 Å². The fourth-order valence-corrected chi connectivity index (χ4v) is 1.16. The van der Waals surface area contributed by atoms with Crippen LogP contribution in [0.3, 0.4) is 0 Å². The molecule has 0 saturated heterocycles. The Morgan fingerprint density at radius 3 is 1.45 bits per heavy atom. The molecule has 0 aromatic heterocycles. The smallest absolute Gasteiger partial charge is 0.336 e. The van der Waals surface area contributed by atoms with Crippen molar-refractivity contribution >= 4 is 5.97 Å². The van der Waals surface area contributed by atoms with Crippen molar-refractivity contribution in [3.8, 4) is 0 Å². The van der Waals surface area contributed by atoms with Crippen LogP contribution in [0.4, 0.5) is 0 Å². The van der Waals surface area contributed by atoms with Crippen LogP contribution in [-0.4, -0.2) is 21.8 Å². The number of hydrogen-bond acceptors (Lipinski definition) is 2. The van der Waals surface area contributed by atoms with Gasteiger partial charge in [-0.05, 0) is 11.8 Å². The topological polar surface area (TPSA) is 57.5 Å². The third-order valence-electron chi connectivity index (χ3n) is 2.10. The predicted octanol–water partition coefficient (Wildman–Crippen LogP) is 1.11. The van der Waals surface area contributed by atoms with Crippen LogP contribution in [0.2, 0.25) is 0 Å². The number of carboxylic acid groups (broad SMARTS) is 1. The van der Waals surface area contributed by atoms with Gasteiger partial charge in [-0.2, -0.15) is 0 Å². The average molecular weight is 160 g/mol. The molecule has 0 radical (unpaired) electrons. The van der Waals surface area contributed by atoms with Crippen LogP contribution in [-0.2, 0) is 4.79 Å². The Hall–Kier alpha value is -0.570. The fraction of sp³-hybridized carbons (Fsp3) is 0.875. The fourth-order valence-electron chi connectivity index (χ4n) is 1.16. The molecule has 11 heavy (non-hydrogen) atoms. The lowest BCUT2D eigenvalue weighted by atomic mass is 9.80. The lowest BCUT2D eigenvalue weighted by molar-refractivity contribution is -0.169. The van der Waals surface area contributed by atoms with E-state index in [2.05, 4.69) is 0 Å². The van der Waals surface area contributed by atoms with Crippen LogP contribution in [0.15, 0.2) is 0 Å². The van der Waals surface area contributed by atoms with E-state index in [4.69, 9.17) is 5.11 Å². The summed E-state index contributed by atoms with van der Waals surface area (Å²) in [6, 6.07) is 0. The van der Waals surface area contributed by atoms with Crippen molar-refractivity contribution in [2.75, 3.05) is 0 Å². The molecule has 0 aromatic rings. The van der Waals surface area contributed by atoms with Crippen LogP contribution in [0, 0.1) is 11.8 Å². The van der Waals surface area contributed by atoms with Crippen molar-refractivity contribution in [2.24, 2.45) is 11.8 Å². The second-order valence-corrected chi connectivity index (χ2v) is 3.44. The molecular formula is C8H16O3. The van der Waals surface area contributed by atoms with E-state index >= 15 is 0 Å². The molecule has 0 saturated carbocycles. The highest BCUT2D eigenvalue weighted by molar-refractivity contribution is 5.77. The van der Waals surface area contributed by atoms with Crippen molar-refractivity contribution in [1.82, 2.24) is 0 Å². The number of carboxylic acids is 1. The van der Waals surface area contributed by atoms with E-state index in [9.17, 15) is 9.90 Å². The van der Waals surface area contributed by atoms with E-state index in [0.29, 0.717) is 0 Å². The summed E-state index contributed by atoms with van der Waals surface area (Å²) < 4.78 is 0. The van der Waals surface area contributed by atoms with Gasteiger partial charge in [0.05, 0.1) is 0 Å². The summed E-state index contributed by atoms with van der Waals surface area (Å²) in [7, 11) is 0. The Labute approximate surface area is 67.0 Å². The SMILES string of the molecule is CC(C)C(O)(C(=O)O)C(C)C. The van der Waals surface area contributed by atoms with Crippen LogP contribution in [0.1, 0.15) is 27.7 Å². The molecule has 66 valence electrons. The van der Waals surface area contributed by atoms with Gasteiger partial charge in [0.2, 0.25) is 0 Å². The third-order valence-corrected chi connectivity index (χ3v) is 2.10. The van der Waals surface area contributed by atoms with Gasteiger partial charge in [0.1, 0.15) is 0 Å². The summed E-state index contributed by atoms with van der Waals surface area (Å²) in [5, 5.41) is 18.4. The minimum absolute atomic E-state index is 0.264. The molecule has 0 fully saturated rings. The lowest BCUT2D eigenvalue weighted by Gasteiger charge is -2.31. The van der Waals surface area contributed by atoms with Crippen LogP contribution in [0.25, 0.3) is 0 Å². The predicted molar refractivity (Wildman–Crippen MR) is 42.3 cm³/mol. The van der Waals surface area contributed by atoms with Gasteiger partial charge in [0.15, 0.2) is 5.60 Å². The molecule has 3 nitrogen and oxygen atoms in total. The van der Waals surface area contributed by atoms with E-state index in [1.807, 2.05) is 0 Å². The highest BCUT2D eigenvalue weighted by Gasteiger charge is 2.42. The molecule has 0 heterocycles. The van der Waals surface area contributed by atoms with E-state index in [0.717, 1.165) is 0 Å². The summed E-state index contributed by atoms with van der Waals surface area (Å²) >= 11 is 0. The van der Waals surface area contributed by atoms with E-state index in [1.165, 1.54) is 0 Å². The zero-order valence-electron chi connectivity index (χ0n) is 7.46. The Kier molecular flexibility index (Phi) is 3.05. The Bertz CT molecular complexity index is 141. The van der Waals surface area contributed by atoms with Gasteiger partial charge >= 0.3 is 5.97 Å². The van der Waals surface area contributed by atoms with Gasteiger partial charge in [0, 0.05) is 0 Å². The highest BCUT2D eigenvalue weighted by Crippen LogP contribution is 2.25. The summed E-state index contributed by atoms with van der Waals surface area (Å²) in [4.78, 5) is 10.7. The maximum atomic E-state index is 10.7. The number of carbonyl (C=O) groups is 1. The summed E-state index contributed by atoms with van der Waals surface area (Å²) in [5.41, 5.74) is -1.58. The van der Waals surface area contributed by atoms with Gasteiger partial charge in [0.25, 0.3) is 0 Å². The summed E-state index contributed by atoms with van der Waals surface area (Å²) in [5.74, 6) is -1.66. The van der Waals surface area contributed by atoms with Gasteiger partial charge in [-0.3, -0.25) is 0 Å². The van der Waals surface area contributed by atoms with Crippen LogP contribution in [0.5, 0.6) is 0 Å². The minimum Gasteiger partial charge on any atom is -0.479 e. The molecule has 0 aliphatic heterocycles. The number of rotatable bonds is 3. The number of aliphatic carboxylic acids is 1. The van der Waals surface area contributed by atoms with Crippen LogP contribution < -0.4 is 0 Å². The van der Waals surface area contributed by atoms with Crippen molar-refractivity contribution in [3.63, 3.8) is 0 Å². The molecule has 0 amide bonds. The second kappa shape index (κ2) is 3.22. The normalized spacial score (nSPS) is 12.6. The van der Waals surface area contributed by atoms with Gasteiger partial charge in [-0.1, -0.05) is 27.7 Å². The first-order valence-electron chi connectivity index (χ1n) is 3.79. The second-order valence-electron chi connectivity index (χ2n) is 3.44. The molecule has 0 aliphatic rings. The molecule has 0 unspecified atom stereocenters. The maximum Gasteiger partial charge on any atom is 0.336 e. The molecule has 0 aliphatic carbocycles. The minimum atomic E-state index is -1.58. The highest BCUT2D eigenvalue weighted by atomic mass is 16.4. The zero-order valence-corrected chi connectivity index (χ0v) is 7.46. The first-order valence-corrected chi connectivity index (χ1v) is 3.79. The van der Waals surface area contributed by atoms with Crippen molar-refractivity contribution in [1.29, 1.82) is 0 Å². The molecule has 0 rings (SSSR count). The summed E-state index contributed by atoms with van der Waals surface area (Å²) in [6.45, 7) is 6.81. The van der Waals surface area contributed by atoms with Crippen molar-refractivity contribution in [3.05, 3.63) is 0 Å². The molecule has 2 N–H and O–H groups in total.